The Morgan fingerprint density at radius 3 is 2.03 bits per heavy atom. The maximum Gasteiger partial charge on any atom is 0.408 e. The number of benzene rings is 2. The van der Waals surface area contributed by atoms with E-state index in [2.05, 4.69) is 15.4 Å². The van der Waals surface area contributed by atoms with Gasteiger partial charge in [0, 0.05) is 12.5 Å². The first kappa shape index (κ1) is 26.1. The fourth-order valence-corrected chi connectivity index (χ4v) is 2.96. The SMILES string of the molecule is COC(=O)/C=C/C[C@@H](NC(=O)[C@H](Cc1ccccc1)NC(=O)OCc1ccccc1)C(=O)OC. The maximum absolute atomic E-state index is 13.0. The first-order valence-electron chi connectivity index (χ1n) is 10.6. The molecule has 2 rings (SSSR count). The molecular formula is C25H28N2O7. The van der Waals surface area contributed by atoms with Crippen LogP contribution in [-0.2, 0) is 41.6 Å². The first-order valence-corrected chi connectivity index (χ1v) is 10.6. The van der Waals surface area contributed by atoms with Crippen molar-refractivity contribution < 1.29 is 33.4 Å². The van der Waals surface area contributed by atoms with Gasteiger partial charge in [0.25, 0.3) is 0 Å². The van der Waals surface area contributed by atoms with E-state index in [0.717, 1.165) is 17.2 Å². The molecule has 34 heavy (non-hydrogen) atoms. The number of hydrogen-bond acceptors (Lipinski definition) is 7. The molecule has 2 amide bonds. The minimum absolute atomic E-state index is 0.00990. The van der Waals surface area contributed by atoms with Gasteiger partial charge in [-0.15, -0.1) is 0 Å². The van der Waals surface area contributed by atoms with E-state index in [4.69, 9.17) is 9.47 Å². The van der Waals surface area contributed by atoms with Crippen LogP contribution in [0.2, 0.25) is 0 Å². The van der Waals surface area contributed by atoms with Crippen molar-refractivity contribution in [1.29, 1.82) is 0 Å². The van der Waals surface area contributed by atoms with Crippen LogP contribution in [0.3, 0.4) is 0 Å². The molecule has 0 heterocycles. The van der Waals surface area contributed by atoms with Gasteiger partial charge in [0.05, 0.1) is 14.2 Å². The molecule has 180 valence electrons. The molecule has 2 atom stereocenters. The molecule has 2 N–H and O–H groups in total. The van der Waals surface area contributed by atoms with Gasteiger partial charge in [0.1, 0.15) is 18.7 Å². The fourth-order valence-electron chi connectivity index (χ4n) is 2.96. The first-order chi connectivity index (χ1) is 16.4. The monoisotopic (exact) mass is 468 g/mol. The third-order valence-corrected chi connectivity index (χ3v) is 4.73. The van der Waals surface area contributed by atoms with Gasteiger partial charge in [0.15, 0.2) is 0 Å². The smallest absolute Gasteiger partial charge is 0.408 e. The molecule has 9 heteroatoms. The summed E-state index contributed by atoms with van der Waals surface area (Å²) in [6.07, 6.45) is 1.91. The molecule has 0 spiro atoms. The van der Waals surface area contributed by atoms with E-state index in [-0.39, 0.29) is 19.4 Å². The van der Waals surface area contributed by atoms with Gasteiger partial charge in [-0.25, -0.2) is 14.4 Å². The van der Waals surface area contributed by atoms with E-state index in [1.165, 1.54) is 20.3 Å². The predicted octanol–water partition coefficient (Wildman–Crippen LogP) is 2.30. The van der Waals surface area contributed by atoms with Crippen LogP contribution >= 0.6 is 0 Å². The lowest BCUT2D eigenvalue weighted by Crippen LogP contribution is -2.52. The molecule has 0 radical (unpaired) electrons. The summed E-state index contributed by atoms with van der Waals surface area (Å²) in [7, 11) is 2.41. The van der Waals surface area contributed by atoms with Crippen LogP contribution < -0.4 is 10.6 Å². The van der Waals surface area contributed by atoms with Crippen LogP contribution in [-0.4, -0.2) is 50.2 Å². The van der Waals surface area contributed by atoms with Crippen molar-refractivity contribution in [3.05, 3.63) is 83.9 Å². The number of methoxy groups -OCH3 is 2. The van der Waals surface area contributed by atoms with E-state index in [1.54, 1.807) is 0 Å². The van der Waals surface area contributed by atoms with Gasteiger partial charge in [-0.3, -0.25) is 4.79 Å². The zero-order valence-corrected chi connectivity index (χ0v) is 19.1. The van der Waals surface area contributed by atoms with Crippen LogP contribution in [0.4, 0.5) is 4.79 Å². The highest BCUT2D eigenvalue weighted by Gasteiger charge is 2.27. The number of carbonyl (C=O) groups excluding carboxylic acids is 4. The second kappa shape index (κ2) is 14.1. The van der Waals surface area contributed by atoms with E-state index >= 15 is 0 Å². The molecule has 2 aromatic carbocycles. The summed E-state index contributed by atoms with van der Waals surface area (Å²) in [5.41, 5.74) is 1.59. The Bertz CT molecular complexity index is 977. The van der Waals surface area contributed by atoms with Crippen molar-refractivity contribution in [2.24, 2.45) is 0 Å². The Morgan fingerprint density at radius 2 is 1.44 bits per heavy atom. The number of rotatable bonds is 11. The number of hydrogen-bond donors (Lipinski definition) is 2. The molecule has 9 nitrogen and oxygen atoms in total. The second-order valence-electron chi connectivity index (χ2n) is 7.19. The number of ether oxygens (including phenoxy) is 3. The summed E-state index contributed by atoms with van der Waals surface area (Å²) < 4.78 is 14.5. The highest BCUT2D eigenvalue weighted by molar-refractivity contribution is 5.90. The van der Waals surface area contributed by atoms with Crippen LogP contribution in [0.15, 0.2) is 72.8 Å². The Kier molecular flexibility index (Phi) is 10.8. The predicted molar refractivity (Wildman–Crippen MR) is 123 cm³/mol. The lowest BCUT2D eigenvalue weighted by atomic mass is 10.0. The van der Waals surface area contributed by atoms with E-state index in [0.29, 0.717) is 0 Å². The summed E-state index contributed by atoms with van der Waals surface area (Å²) in [6, 6.07) is 16.1. The highest BCUT2D eigenvalue weighted by Crippen LogP contribution is 2.07. The lowest BCUT2D eigenvalue weighted by molar-refractivity contribution is -0.145. The van der Waals surface area contributed by atoms with Crippen LogP contribution in [0.5, 0.6) is 0 Å². The average molecular weight is 469 g/mol. The van der Waals surface area contributed by atoms with Crippen molar-refractivity contribution in [1.82, 2.24) is 10.6 Å². The van der Waals surface area contributed by atoms with Crippen LogP contribution in [0, 0.1) is 0 Å². The third-order valence-electron chi connectivity index (χ3n) is 4.73. The zero-order chi connectivity index (χ0) is 24.8. The molecule has 0 saturated heterocycles. The van der Waals surface area contributed by atoms with E-state index in [9.17, 15) is 19.2 Å². The van der Waals surface area contributed by atoms with E-state index in [1.807, 2.05) is 60.7 Å². The molecule has 0 aliphatic heterocycles. The third kappa shape index (κ3) is 9.15. The summed E-state index contributed by atoms with van der Waals surface area (Å²) in [5.74, 6) is -1.91. The number of carbonyl (C=O) groups is 4. The highest BCUT2D eigenvalue weighted by atomic mass is 16.5. The minimum Gasteiger partial charge on any atom is -0.467 e. The largest absolute Gasteiger partial charge is 0.467 e. The molecule has 0 fully saturated rings. The number of nitrogens with one attached hydrogen (secondary N) is 2. The van der Waals surface area contributed by atoms with Gasteiger partial charge >= 0.3 is 18.0 Å². The van der Waals surface area contributed by atoms with Crippen molar-refractivity contribution >= 4 is 23.9 Å². The van der Waals surface area contributed by atoms with Crippen molar-refractivity contribution in [3.63, 3.8) is 0 Å². The van der Waals surface area contributed by atoms with E-state index < -0.39 is 36.0 Å². The van der Waals surface area contributed by atoms with Gasteiger partial charge in [-0.05, 0) is 17.5 Å². The number of esters is 2. The normalized spacial score (nSPS) is 12.3. The second-order valence-corrected chi connectivity index (χ2v) is 7.19. The average Bonchev–Trinajstić information content (AvgIpc) is 2.87. The van der Waals surface area contributed by atoms with Gasteiger partial charge in [-0.1, -0.05) is 66.7 Å². The minimum atomic E-state index is -1.07. The Morgan fingerprint density at radius 1 is 0.824 bits per heavy atom. The molecule has 2 aromatic rings. The zero-order valence-electron chi connectivity index (χ0n) is 19.1. The fraction of sp³-hybridized carbons (Fsp3) is 0.280. The summed E-state index contributed by atoms with van der Waals surface area (Å²) >= 11 is 0. The molecular weight excluding hydrogens is 440 g/mol. The van der Waals surface area contributed by atoms with Gasteiger partial charge < -0.3 is 24.8 Å². The van der Waals surface area contributed by atoms with Crippen LogP contribution in [0.25, 0.3) is 0 Å². The molecule has 0 saturated carbocycles. The molecule has 0 aliphatic carbocycles. The Hall–Kier alpha value is -4.14. The number of alkyl carbamates (subject to hydrolysis) is 1. The summed E-state index contributed by atoms with van der Waals surface area (Å²) in [6.45, 7) is 0.0372. The topological polar surface area (TPSA) is 120 Å². The summed E-state index contributed by atoms with van der Waals surface area (Å²) in [5, 5.41) is 5.14. The van der Waals surface area contributed by atoms with Crippen molar-refractivity contribution in [2.45, 2.75) is 31.5 Å². The molecule has 0 unspecified atom stereocenters. The molecule has 0 aliphatic rings. The van der Waals surface area contributed by atoms with Crippen LogP contribution in [0.1, 0.15) is 17.5 Å². The maximum atomic E-state index is 13.0. The lowest BCUT2D eigenvalue weighted by Gasteiger charge is -2.21. The summed E-state index contributed by atoms with van der Waals surface area (Å²) in [4.78, 5) is 48.9. The molecule has 0 aromatic heterocycles. The van der Waals surface area contributed by atoms with Gasteiger partial charge in [0.2, 0.25) is 5.91 Å². The quantitative estimate of drug-likeness (QED) is 0.295. The standard InChI is InChI=1S/C25H28N2O7/c1-32-22(28)15-9-14-20(24(30)33-2)26-23(29)21(16-18-10-5-3-6-11-18)27-25(31)34-17-19-12-7-4-8-13-19/h3-13,15,20-21H,14,16-17H2,1-2H3,(H,26,29)(H,27,31)/b15-9+/t20-,21+/m1/s1. The van der Waals surface area contributed by atoms with Gasteiger partial charge in [-0.2, -0.15) is 0 Å². The Labute approximate surface area is 198 Å². The number of amides is 2. The van der Waals surface area contributed by atoms with Crippen molar-refractivity contribution in [3.8, 4) is 0 Å². The molecule has 0 bridgehead atoms. The Balaban J connectivity index is 2.09. The van der Waals surface area contributed by atoms with Crippen molar-refractivity contribution in [2.75, 3.05) is 14.2 Å².